The SMILES string of the molecule is Cc1ccc(C)c(C(=O)CN2C(=O)N[C@@](C)(c3ccc(C(C)(C)C)cc3)C2=O)c1. The highest BCUT2D eigenvalue weighted by atomic mass is 16.2. The highest BCUT2D eigenvalue weighted by Gasteiger charge is 2.49. The molecule has 1 aliphatic heterocycles. The van der Waals surface area contributed by atoms with Crippen LogP contribution >= 0.6 is 0 Å². The molecular formula is C24H28N2O3. The molecule has 5 nitrogen and oxygen atoms in total. The summed E-state index contributed by atoms with van der Waals surface area (Å²) >= 11 is 0. The molecule has 1 saturated heterocycles. The number of ketones is 1. The molecule has 1 heterocycles. The van der Waals surface area contributed by atoms with Crippen molar-refractivity contribution in [2.24, 2.45) is 0 Å². The van der Waals surface area contributed by atoms with Crippen LogP contribution in [0.3, 0.4) is 0 Å². The van der Waals surface area contributed by atoms with Crippen molar-refractivity contribution in [2.75, 3.05) is 6.54 Å². The molecule has 0 aromatic heterocycles. The average Bonchev–Trinajstić information content (AvgIpc) is 2.87. The normalized spacial score (nSPS) is 19.4. The van der Waals surface area contributed by atoms with Gasteiger partial charge in [0.2, 0.25) is 0 Å². The molecule has 1 atom stereocenters. The molecule has 1 fully saturated rings. The van der Waals surface area contributed by atoms with E-state index in [1.807, 2.05) is 50.2 Å². The molecule has 29 heavy (non-hydrogen) atoms. The molecular weight excluding hydrogens is 364 g/mol. The second kappa shape index (κ2) is 7.14. The number of amides is 3. The van der Waals surface area contributed by atoms with Gasteiger partial charge in [0, 0.05) is 5.56 Å². The third-order valence-electron chi connectivity index (χ3n) is 5.60. The highest BCUT2D eigenvalue weighted by molar-refractivity contribution is 6.11. The molecule has 1 aliphatic rings. The van der Waals surface area contributed by atoms with E-state index in [0.717, 1.165) is 21.6 Å². The van der Waals surface area contributed by atoms with Crippen molar-refractivity contribution >= 4 is 17.7 Å². The fourth-order valence-corrected chi connectivity index (χ4v) is 3.60. The molecule has 152 valence electrons. The molecule has 2 aromatic rings. The average molecular weight is 392 g/mol. The van der Waals surface area contributed by atoms with Crippen molar-refractivity contribution < 1.29 is 14.4 Å². The summed E-state index contributed by atoms with van der Waals surface area (Å²) < 4.78 is 0. The first-order valence-corrected chi connectivity index (χ1v) is 9.79. The van der Waals surface area contributed by atoms with Crippen LogP contribution in [0.15, 0.2) is 42.5 Å². The minimum absolute atomic E-state index is 0.00744. The summed E-state index contributed by atoms with van der Waals surface area (Å²) in [7, 11) is 0. The summed E-state index contributed by atoms with van der Waals surface area (Å²) in [5.41, 5.74) is 2.97. The standard InChI is InChI=1S/C24H28N2O3/c1-15-7-8-16(2)19(13-15)20(27)14-26-21(28)24(6,25-22(26)29)18-11-9-17(10-12-18)23(3,4)5/h7-13H,14H2,1-6H3,(H,25,29)/t24-/m0/s1. The maximum absolute atomic E-state index is 13.1. The Bertz CT molecular complexity index is 986. The van der Waals surface area contributed by atoms with Crippen LogP contribution in [0.5, 0.6) is 0 Å². The minimum atomic E-state index is -1.19. The fourth-order valence-electron chi connectivity index (χ4n) is 3.60. The monoisotopic (exact) mass is 392 g/mol. The topological polar surface area (TPSA) is 66.5 Å². The maximum atomic E-state index is 13.1. The highest BCUT2D eigenvalue weighted by Crippen LogP contribution is 2.31. The lowest BCUT2D eigenvalue weighted by Gasteiger charge is -2.24. The van der Waals surface area contributed by atoms with Crippen LogP contribution in [0, 0.1) is 13.8 Å². The number of carbonyl (C=O) groups excluding carboxylic acids is 3. The summed E-state index contributed by atoms with van der Waals surface area (Å²) in [6, 6.07) is 12.7. The number of rotatable bonds is 4. The van der Waals surface area contributed by atoms with E-state index in [1.54, 1.807) is 13.0 Å². The zero-order chi connectivity index (χ0) is 21.6. The molecule has 1 N–H and O–H groups in total. The maximum Gasteiger partial charge on any atom is 0.325 e. The van der Waals surface area contributed by atoms with Gasteiger partial charge < -0.3 is 5.32 Å². The van der Waals surface area contributed by atoms with Gasteiger partial charge in [-0.15, -0.1) is 0 Å². The Kier molecular flexibility index (Phi) is 5.11. The Morgan fingerprint density at radius 1 is 1.03 bits per heavy atom. The molecule has 0 unspecified atom stereocenters. The smallest absolute Gasteiger partial charge is 0.319 e. The van der Waals surface area contributed by atoms with Crippen molar-refractivity contribution in [3.8, 4) is 0 Å². The van der Waals surface area contributed by atoms with Gasteiger partial charge in [-0.3, -0.25) is 14.5 Å². The Morgan fingerprint density at radius 3 is 2.24 bits per heavy atom. The molecule has 3 amide bonds. The summed E-state index contributed by atoms with van der Waals surface area (Å²) in [6.45, 7) is 11.5. The van der Waals surface area contributed by atoms with Gasteiger partial charge in [0.05, 0.1) is 6.54 Å². The van der Waals surface area contributed by atoms with Gasteiger partial charge in [-0.05, 0) is 48.9 Å². The van der Waals surface area contributed by atoms with Crippen LogP contribution in [0.2, 0.25) is 0 Å². The van der Waals surface area contributed by atoms with E-state index in [9.17, 15) is 14.4 Å². The number of urea groups is 1. The minimum Gasteiger partial charge on any atom is -0.319 e. The number of nitrogens with zero attached hydrogens (tertiary/aromatic N) is 1. The van der Waals surface area contributed by atoms with Gasteiger partial charge in [0.15, 0.2) is 5.78 Å². The Morgan fingerprint density at radius 2 is 1.66 bits per heavy atom. The van der Waals surface area contributed by atoms with Gasteiger partial charge >= 0.3 is 6.03 Å². The number of hydrogen-bond donors (Lipinski definition) is 1. The third kappa shape index (κ3) is 3.82. The van der Waals surface area contributed by atoms with E-state index >= 15 is 0 Å². The number of imide groups is 1. The molecule has 0 saturated carbocycles. The number of nitrogens with one attached hydrogen (secondary N) is 1. The first-order valence-electron chi connectivity index (χ1n) is 9.79. The fraction of sp³-hybridized carbons (Fsp3) is 0.375. The van der Waals surface area contributed by atoms with E-state index < -0.39 is 17.5 Å². The van der Waals surface area contributed by atoms with Gasteiger partial charge in [-0.1, -0.05) is 62.7 Å². The van der Waals surface area contributed by atoms with Crippen LogP contribution < -0.4 is 5.32 Å². The molecule has 0 radical (unpaired) electrons. The number of benzene rings is 2. The lowest BCUT2D eigenvalue weighted by Crippen LogP contribution is -2.41. The number of aryl methyl sites for hydroxylation is 2. The first-order chi connectivity index (χ1) is 13.4. The van der Waals surface area contributed by atoms with E-state index in [0.29, 0.717) is 11.1 Å². The molecule has 0 bridgehead atoms. The quantitative estimate of drug-likeness (QED) is 0.625. The lowest BCUT2D eigenvalue weighted by atomic mass is 9.84. The Balaban J connectivity index is 1.85. The summed E-state index contributed by atoms with van der Waals surface area (Å²) in [6.07, 6.45) is 0. The number of Topliss-reactive ketones (excluding diaryl/α,β-unsaturated/α-hetero) is 1. The van der Waals surface area contributed by atoms with Gasteiger partial charge in [-0.2, -0.15) is 0 Å². The van der Waals surface area contributed by atoms with Gasteiger partial charge in [0.25, 0.3) is 5.91 Å². The van der Waals surface area contributed by atoms with Crippen LogP contribution in [0.25, 0.3) is 0 Å². The number of hydrogen-bond acceptors (Lipinski definition) is 3. The summed E-state index contributed by atoms with van der Waals surface area (Å²) in [5, 5.41) is 2.77. The van der Waals surface area contributed by atoms with E-state index in [1.165, 1.54) is 0 Å². The number of carbonyl (C=O) groups is 3. The van der Waals surface area contributed by atoms with Crippen molar-refractivity contribution in [3.05, 3.63) is 70.3 Å². The molecule has 0 spiro atoms. The second-order valence-electron chi connectivity index (χ2n) is 9.02. The lowest BCUT2D eigenvalue weighted by molar-refractivity contribution is -0.130. The zero-order valence-corrected chi connectivity index (χ0v) is 17.9. The second-order valence-corrected chi connectivity index (χ2v) is 9.02. The van der Waals surface area contributed by atoms with E-state index in [-0.39, 0.29) is 17.7 Å². The van der Waals surface area contributed by atoms with Crippen molar-refractivity contribution in [1.82, 2.24) is 10.2 Å². The van der Waals surface area contributed by atoms with E-state index in [2.05, 4.69) is 26.1 Å². The third-order valence-corrected chi connectivity index (χ3v) is 5.60. The summed E-state index contributed by atoms with van der Waals surface area (Å²) in [5.74, 6) is -0.660. The summed E-state index contributed by atoms with van der Waals surface area (Å²) in [4.78, 5) is 39.5. The largest absolute Gasteiger partial charge is 0.325 e. The Hall–Kier alpha value is -2.95. The first kappa shape index (κ1) is 20.8. The predicted molar refractivity (Wildman–Crippen MR) is 113 cm³/mol. The van der Waals surface area contributed by atoms with E-state index in [4.69, 9.17) is 0 Å². The van der Waals surface area contributed by atoms with Crippen molar-refractivity contribution in [2.45, 2.75) is 52.5 Å². The predicted octanol–water partition coefficient (Wildman–Crippen LogP) is 4.25. The van der Waals surface area contributed by atoms with Crippen LogP contribution in [-0.2, 0) is 15.7 Å². The van der Waals surface area contributed by atoms with Crippen LogP contribution in [0.4, 0.5) is 4.79 Å². The molecule has 5 heteroatoms. The van der Waals surface area contributed by atoms with Gasteiger partial charge in [-0.25, -0.2) is 4.79 Å². The zero-order valence-electron chi connectivity index (χ0n) is 17.9. The van der Waals surface area contributed by atoms with Crippen LogP contribution in [0.1, 0.15) is 60.3 Å². The Labute approximate surface area is 172 Å². The molecule has 2 aromatic carbocycles. The molecule has 0 aliphatic carbocycles. The van der Waals surface area contributed by atoms with Gasteiger partial charge in [0.1, 0.15) is 5.54 Å². The molecule has 3 rings (SSSR count). The van der Waals surface area contributed by atoms with Crippen LogP contribution in [-0.4, -0.2) is 29.2 Å². The van der Waals surface area contributed by atoms with Crippen molar-refractivity contribution in [3.63, 3.8) is 0 Å². The van der Waals surface area contributed by atoms with Crippen molar-refractivity contribution in [1.29, 1.82) is 0 Å².